The van der Waals surface area contributed by atoms with Gasteiger partial charge in [-0.15, -0.1) is 0 Å². The molecule has 1 saturated heterocycles. The molecule has 2 unspecified atom stereocenters. The average Bonchev–Trinajstić information content (AvgIpc) is 2.93. The predicted molar refractivity (Wildman–Crippen MR) is 104 cm³/mol. The average molecular weight is 353 g/mol. The molecule has 0 aromatic heterocycles. The van der Waals surface area contributed by atoms with Gasteiger partial charge in [0.25, 0.3) is 0 Å². The molecule has 6 rings (SSSR count). The normalized spacial score (nSPS) is 46.5. The van der Waals surface area contributed by atoms with Crippen LogP contribution in [-0.2, 0) is 10.2 Å². The fraction of sp³-hybridized carbons (Fsp3) is 0.696. The van der Waals surface area contributed by atoms with Crippen molar-refractivity contribution in [1.82, 2.24) is 10.6 Å². The van der Waals surface area contributed by atoms with E-state index in [9.17, 15) is 4.79 Å². The van der Waals surface area contributed by atoms with E-state index in [1.54, 1.807) is 0 Å². The highest BCUT2D eigenvalue weighted by molar-refractivity contribution is 5.85. The highest BCUT2D eigenvalue weighted by Crippen LogP contribution is 2.76. The van der Waals surface area contributed by atoms with Gasteiger partial charge in [0.05, 0.1) is 5.41 Å². The van der Waals surface area contributed by atoms with Crippen LogP contribution in [0.3, 0.4) is 0 Å². The molecule has 5 fully saturated rings. The van der Waals surface area contributed by atoms with E-state index in [0.717, 1.165) is 38.1 Å². The maximum atomic E-state index is 13.6. The number of hydrogen-bond donors (Lipinski definition) is 2. The minimum atomic E-state index is -0.139. The Morgan fingerprint density at radius 1 is 1.15 bits per heavy atom. The number of carbonyl (C=O) groups excluding carboxylic acids is 1. The van der Waals surface area contributed by atoms with Crippen molar-refractivity contribution in [2.75, 3.05) is 6.54 Å². The summed E-state index contributed by atoms with van der Waals surface area (Å²) in [5.74, 6) is 1.10. The molecule has 1 aromatic rings. The zero-order valence-electron chi connectivity index (χ0n) is 16.2. The van der Waals surface area contributed by atoms with Crippen molar-refractivity contribution < 1.29 is 4.79 Å². The number of hydrogen-bond acceptors (Lipinski definition) is 2. The van der Waals surface area contributed by atoms with Crippen LogP contribution < -0.4 is 10.6 Å². The molecular formula is C23H32N2O. The number of carbonyl (C=O) groups is 1. The SMILES string of the molecule is C[C@H]1C[C@@H](NC(=O)C23CC4C[C@](c5ccccc5)(C2)C[C@@]3(C)C4)CCN1. The molecule has 4 bridgehead atoms. The fourth-order valence-corrected chi connectivity index (χ4v) is 7.55. The van der Waals surface area contributed by atoms with Crippen LogP contribution in [0.5, 0.6) is 0 Å². The third kappa shape index (κ3) is 2.25. The molecule has 6 atom stereocenters. The lowest BCUT2D eigenvalue weighted by Crippen LogP contribution is -2.53. The lowest BCUT2D eigenvalue weighted by molar-refractivity contribution is -0.136. The Hall–Kier alpha value is -1.35. The van der Waals surface area contributed by atoms with Crippen LogP contribution in [0.4, 0.5) is 0 Å². The molecule has 0 spiro atoms. The van der Waals surface area contributed by atoms with Crippen molar-refractivity contribution in [1.29, 1.82) is 0 Å². The van der Waals surface area contributed by atoms with Gasteiger partial charge >= 0.3 is 0 Å². The molecule has 5 aliphatic rings. The fourth-order valence-electron chi connectivity index (χ4n) is 7.55. The van der Waals surface area contributed by atoms with Gasteiger partial charge in [0.15, 0.2) is 0 Å². The van der Waals surface area contributed by atoms with Crippen molar-refractivity contribution in [2.24, 2.45) is 16.7 Å². The van der Waals surface area contributed by atoms with Crippen molar-refractivity contribution in [2.45, 2.75) is 76.3 Å². The second-order valence-corrected chi connectivity index (χ2v) is 10.2. The van der Waals surface area contributed by atoms with Crippen molar-refractivity contribution in [3.05, 3.63) is 35.9 Å². The molecule has 3 heteroatoms. The molecule has 1 aliphatic heterocycles. The van der Waals surface area contributed by atoms with Crippen LogP contribution in [-0.4, -0.2) is 24.5 Å². The van der Waals surface area contributed by atoms with E-state index in [4.69, 9.17) is 0 Å². The van der Waals surface area contributed by atoms with Crippen LogP contribution in [0.2, 0.25) is 0 Å². The predicted octanol–water partition coefficient (Wildman–Crippen LogP) is 3.78. The summed E-state index contributed by atoms with van der Waals surface area (Å²) >= 11 is 0. The highest BCUT2D eigenvalue weighted by Gasteiger charge is 2.72. The Labute approximate surface area is 157 Å². The molecule has 140 valence electrons. The van der Waals surface area contributed by atoms with Gasteiger partial charge in [-0.25, -0.2) is 0 Å². The Morgan fingerprint density at radius 2 is 1.96 bits per heavy atom. The van der Waals surface area contributed by atoms with Crippen LogP contribution in [0.1, 0.15) is 64.4 Å². The molecule has 4 aliphatic carbocycles. The van der Waals surface area contributed by atoms with Gasteiger partial charge < -0.3 is 10.6 Å². The van der Waals surface area contributed by atoms with Gasteiger partial charge in [0.1, 0.15) is 0 Å². The molecule has 3 nitrogen and oxygen atoms in total. The molecule has 4 saturated carbocycles. The van der Waals surface area contributed by atoms with Crippen LogP contribution in [0, 0.1) is 16.7 Å². The second kappa shape index (κ2) is 5.58. The summed E-state index contributed by atoms with van der Waals surface area (Å²) < 4.78 is 0. The van der Waals surface area contributed by atoms with E-state index in [1.807, 2.05) is 0 Å². The lowest BCUT2D eigenvalue weighted by Gasteiger charge is -2.41. The van der Waals surface area contributed by atoms with Crippen LogP contribution in [0.25, 0.3) is 0 Å². The third-order valence-electron chi connectivity index (χ3n) is 8.36. The molecule has 2 N–H and O–H groups in total. The van der Waals surface area contributed by atoms with E-state index in [-0.39, 0.29) is 16.2 Å². The summed E-state index contributed by atoms with van der Waals surface area (Å²) in [5.41, 5.74) is 1.74. The number of amides is 1. The van der Waals surface area contributed by atoms with Gasteiger partial charge in [-0.3, -0.25) is 4.79 Å². The van der Waals surface area contributed by atoms with Crippen molar-refractivity contribution in [3.8, 4) is 0 Å². The topological polar surface area (TPSA) is 41.1 Å². The zero-order valence-corrected chi connectivity index (χ0v) is 16.2. The Balaban J connectivity index is 1.44. The Morgan fingerprint density at radius 3 is 2.73 bits per heavy atom. The molecule has 26 heavy (non-hydrogen) atoms. The first kappa shape index (κ1) is 16.8. The maximum absolute atomic E-state index is 13.6. The van der Waals surface area contributed by atoms with Crippen LogP contribution >= 0.6 is 0 Å². The molecular weight excluding hydrogens is 320 g/mol. The number of nitrogens with one attached hydrogen (secondary N) is 2. The highest BCUT2D eigenvalue weighted by atomic mass is 16.2. The summed E-state index contributed by atoms with van der Waals surface area (Å²) in [4.78, 5) is 13.6. The minimum Gasteiger partial charge on any atom is -0.353 e. The summed E-state index contributed by atoms with van der Waals surface area (Å²) in [6.45, 7) is 5.67. The van der Waals surface area contributed by atoms with Gasteiger partial charge in [-0.05, 0) is 80.7 Å². The minimum absolute atomic E-state index is 0.139. The zero-order chi connectivity index (χ0) is 18.0. The smallest absolute Gasteiger partial charge is 0.227 e. The molecule has 1 heterocycles. The number of piperidine rings is 1. The largest absolute Gasteiger partial charge is 0.353 e. The molecule has 0 radical (unpaired) electrons. The van der Waals surface area contributed by atoms with E-state index >= 15 is 0 Å². The quantitative estimate of drug-likeness (QED) is 0.869. The number of benzene rings is 1. The molecule has 1 amide bonds. The summed E-state index contributed by atoms with van der Waals surface area (Å²) in [5, 5.41) is 7.01. The van der Waals surface area contributed by atoms with E-state index in [2.05, 4.69) is 54.8 Å². The van der Waals surface area contributed by atoms with E-state index < -0.39 is 0 Å². The van der Waals surface area contributed by atoms with E-state index in [0.29, 0.717) is 18.0 Å². The maximum Gasteiger partial charge on any atom is 0.227 e. The van der Waals surface area contributed by atoms with Gasteiger partial charge in [0, 0.05) is 12.1 Å². The monoisotopic (exact) mass is 352 g/mol. The third-order valence-corrected chi connectivity index (χ3v) is 8.36. The van der Waals surface area contributed by atoms with Crippen molar-refractivity contribution in [3.63, 3.8) is 0 Å². The Bertz CT molecular complexity index is 718. The second-order valence-electron chi connectivity index (χ2n) is 10.2. The molecule has 1 aromatic carbocycles. The first-order chi connectivity index (χ1) is 12.4. The van der Waals surface area contributed by atoms with Gasteiger partial charge in [0.2, 0.25) is 5.91 Å². The summed E-state index contributed by atoms with van der Waals surface area (Å²) in [6.07, 6.45) is 8.02. The Kier molecular flexibility index (Phi) is 3.60. The first-order valence-corrected chi connectivity index (χ1v) is 10.5. The van der Waals surface area contributed by atoms with E-state index in [1.165, 1.54) is 24.8 Å². The van der Waals surface area contributed by atoms with Crippen molar-refractivity contribution >= 4 is 5.91 Å². The lowest BCUT2D eigenvalue weighted by atomic mass is 9.63. The standard InChI is InChI=1S/C23H32N2O/c1-16-10-19(8-9-24-16)25-20(26)23-13-17-11-21(23,2)14-22(12-17,15-23)18-6-4-3-5-7-18/h3-7,16-17,19,24H,8-15H2,1-2H3,(H,25,26)/t16-,17?,19-,21+,22+,23?/m0/s1. The number of rotatable bonds is 3. The van der Waals surface area contributed by atoms with Gasteiger partial charge in [-0.2, -0.15) is 0 Å². The van der Waals surface area contributed by atoms with Gasteiger partial charge in [-0.1, -0.05) is 37.3 Å². The van der Waals surface area contributed by atoms with Crippen LogP contribution in [0.15, 0.2) is 30.3 Å². The first-order valence-electron chi connectivity index (χ1n) is 10.5. The summed E-state index contributed by atoms with van der Waals surface area (Å²) in [7, 11) is 0. The summed E-state index contributed by atoms with van der Waals surface area (Å²) in [6, 6.07) is 11.9.